The quantitative estimate of drug-likeness (QED) is 0.229. The third-order valence-electron chi connectivity index (χ3n) is 5.62. The van der Waals surface area contributed by atoms with Crippen LogP contribution >= 0.6 is 39.0 Å². The van der Waals surface area contributed by atoms with Gasteiger partial charge in [-0.25, -0.2) is 13.4 Å². The van der Waals surface area contributed by atoms with E-state index < -0.39 is 9.84 Å². The highest BCUT2D eigenvalue weighted by atomic mass is 79.9. The SMILES string of the molecule is CCNC(=CS(=O)(=O)c1ccccc1Br)NCCSCc1nc(C(CC)N(CC)CC)sc1CC. The number of hydrogen-bond acceptors (Lipinski definition) is 8. The number of nitrogens with one attached hydrogen (secondary N) is 2. The lowest BCUT2D eigenvalue weighted by Gasteiger charge is -2.26. The number of thiazole rings is 1. The van der Waals surface area contributed by atoms with Crippen LogP contribution in [0.1, 0.15) is 62.7 Å². The second kappa shape index (κ2) is 15.2. The maximum absolute atomic E-state index is 12.9. The average Bonchev–Trinajstić information content (AvgIpc) is 3.24. The van der Waals surface area contributed by atoms with E-state index in [1.165, 1.54) is 21.0 Å². The van der Waals surface area contributed by atoms with E-state index in [1.54, 1.807) is 24.3 Å². The van der Waals surface area contributed by atoms with Crippen LogP contribution in [-0.4, -0.2) is 50.2 Å². The first-order valence-electron chi connectivity index (χ1n) is 12.3. The maximum atomic E-state index is 12.9. The second-order valence-electron chi connectivity index (χ2n) is 7.94. The Labute approximate surface area is 228 Å². The van der Waals surface area contributed by atoms with Gasteiger partial charge < -0.3 is 10.6 Å². The van der Waals surface area contributed by atoms with Gasteiger partial charge in [-0.15, -0.1) is 11.3 Å². The molecule has 1 atom stereocenters. The number of rotatable bonds is 16. The van der Waals surface area contributed by atoms with E-state index in [-0.39, 0.29) is 4.90 Å². The molecule has 0 saturated carbocycles. The van der Waals surface area contributed by atoms with Crippen molar-refractivity contribution in [3.63, 3.8) is 0 Å². The zero-order valence-electron chi connectivity index (χ0n) is 21.4. The van der Waals surface area contributed by atoms with Crippen molar-refractivity contribution in [1.29, 1.82) is 0 Å². The summed E-state index contributed by atoms with van der Waals surface area (Å²) in [6, 6.07) is 7.25. The fourth-order valence-electron chi connectivity index (χ4n) is 3.85. The van der Waals surface area contributed by atoms with Gasteiger partial charge in [0.2, 0.25) is 9.84 Å². The molecule has 35 heavy (non-hydrogen) atoms. The fraction of sp³-hybridized carbons (Fsp3) is 0.560. The lowest BCUT2D eigenvalue weighted by molar-refractivity contribution is 0.213. The largest absolute Gasteiger partial charge is 0.372 e. The number of benzene rings is 1. The van der Waals surface area contributed by atoms with Crippen LogP contribution in [0.15, 0.2) is 44.9 Å². The molecular formula is C25H39BrN4O2S3. The van der Waals surface area contributed by atoms with Crippen LogP contribution in [0.4, 0.5) is 0 Å². The lowest BCUT2D eigenvalue weighted by atomic mass is 10.2. The van der Waals surface area contributed by atoms with Gasteiger partial charge in [0.05, 0.1) is 22.0 Å². The minimum Gasteiger partial charge on any atom is -0.372 e. The Bertz CT molecular complexity index is 1050. The molecule has 10 heteroatoms. The molecule has 0 aliphatic carbocycles. The highest BCUT2D eigenvalue weighted by Gasteiger charge is 2.21. The van der Waals surface area contributed by atoms with Gasteiger partial charge in [-0.05, 0) is 60.9 Å². The average molecular weight is 604 g/mol. The van der Waals surface area contributed by atoms with E-state index in [9.17, 15) is 8.42 Å². The van der Waals surface area contributed by atoms with Crippen molar-refractivity contribution in [3.8, 4) is 0 Å². The molecule has 196 valence electrons. The molecule has 0 bridgehead atoms. The minimum absolute atomic E-state index is 0.258. The topological polar surface area (TPSA) is 74.3 Å². The summed E-state index contributed by atoms with van der Waals surface area (Å²) in [6.07, 6.45) is 2.07. The third kappa shape index (κ3) is 8.77. The predicted octanol–water partition coefficient (Wildman–Crippen LogP) is 5.97. The highest BCUT2D eigenvalue weighted by Crippen LogP contribution is 2.32. The summed E-state index contributed by atoms with van der Waals surface area (Å²) in [5.41, 5.74) is 1.20. The van der Waals surface area contributed by atoms with Crippen LogP contribution < -0.4 is 10.6 Å². The smallest absolute Gasteiger partial charge is 0.204 e. The minimum atomic E-state index is -3.58. The summed E-state index contributed by atoms with van der Waals surface area (Å²) in [5.74, 6) is 2.23. The molecule has 6 nitrogen and oxygen atoms in total. The molecule has 2 rings (SSSR count). The molecule has 2 aromatic rings. The molecule has 0 radical (unpaired) electrons. The molecule has 0 spiro atoms. The Morgan fingerprint density at radius 1 is 1.17 bits per heavy atom. The van der Waals surface area contributed by atoms with Gasteiger partial charge in [-0.2, -0.15) is 11.8 Å². The van der Waals surface area contributed by atoms with Crippen molar-refractivity contribution < 1.29 is 8.42 Å². The van der Waals surface area contributed by atoms with E-state index in [2.05, 4.69) is 59.2 Å². The molecular weight excluding hydrogens is 564 g/mol. The Morgan fingerprint density at radius 3 is 2.49 bits per heavy atom. The lowest BCUT2D eigenvalue weighted by Crippen LogP contribution is -2.29. The van der Waals surface area contributed by atoms with E-state index >= 15 is 0 Å². The van der Waals surface area contributed by atoms with Gasteiger partial charge in [0.1, 0.15) is 10.8 Å². The van der Waals surface area contributed by atoms with Crippen molar-refractivity contribution in [2.24, 2.45) is 0 Å². The van der Waals surface area contributed by atoms with Crippen LogP contribution in [0, 0.1) is 0 Å². The molecule has 0 fully saturated rings. The summed E-state index contributed by atoms with van der Waals surface area (Å²) >= 11 is 7.02. The van der Waals surface area contributed by atoms with Crippen LogP contribution in [0.3, 0.4) is 0 Å². The van der Waals surface area contributed by atoms with Crippen molar-refractivity contribution >= 4 is 48.9 Å². The Morgan fingerprint density at radius 2 is 1.89 bits per heavy atom. The number of nitrogens with zero attached hydrogens (tertiary/aromatic N) is 2. The third-order valence-corrected chi connectivity index (χ3v) is 10.4. The zero-order valence-corrected chi connectivity index (χ0v) is 25.5. The summed E-state index contributed by atoms with van der Waals surface area (Å²) in [7, 11) is -3.58. The number of thioether (sulfide) groups is 1. The monoisotopic (exact) mass is 602 g/mol. The van der Waals surface area contributed by atoms with Crippen LogP contribution in [0.25, 0.3) is 0 Å². The predicted molar refractivity (Wildman–Crippen MR) is 155 cm³/mol. The van der Waals surface area contributed by atoms with E-state index in [0.717, 1.165) is 37.4 Å². The molecule has 1 heterocycles. The normalized spacial score (nSPS) is 13.3. The molecule has 0 saturated heterocycles. The number of aromatic nitrogens is 1. The summed E-state index contributed by atoms with van der Waals surface area (Å²) in [6.45, 7) is 14.2. The van der Waals surface area contributed by atoms with Crippen molar-refractivity contribution in [1.82, 2.24) is 20.5 Å². The van der Waals surface area contributed by atoms with Gasteiger partial charge in [0, 0.05) is 33.9 Å². The molecule has 0 amide bonds. The van der Waals surface area contributed by atoms with Gasteiger partial charge in [-0.3, -0.25) is 4.90 Å². The standard InChI is InChI=1S/C25H39BrN4O2S3/c1-6-21(30(9-4)10-5)25-29-20(22(7-2)34-25)17-33-16-15-28-24(27-8-3)18-35(31,32)23-14-12-11-13-19(23)26/h11-14,18,21,27-28H,6-10,15-17H2,1-5H3. The van der Waals surface area contributed by atoms with Crippen molar-refractivity contribution in [2.75, 3.05) is 31.9 Å². The summed E-state index contributed by atoms with van der Waals surface area (Å²) < 4.78 is 26.3. The summed E-state index contributed by atoms with van der Waals surface area (Å²) in [4.78, 5) is 9.16. The Hall–Kier alpha value is -1.07. The number of hydrogen-bond donors (Lipinski definition) is 2. The first-order chi connectivity index (χ1) is 16.8. The maximum Gasteiger partial charge on any atom is 0.204 e. The first kappa shape index (κ1) is 30.2. The number of halogens is 1. The van der Waals surface area contributed by atoms with Gasteiger partial charge in [0.15, 0.2) is 0 Å². The van der Waals surface area contributed by atoms with E-state index in [1.807, 2.05) is 30.0 Å². The fourth-order valence-corrected chi connectivity index (χ4v) is 8.17. The second-order valence-corrected chi connectivity index (χ2v) is 12.8. The molecule has 2 N–H and O–H groups in total. The molecule has 1 unspecified atom stereocenters. The van der Waals surface area contributed by atoms with Crippen molar-refractivity contribution in [3.05, 3.63) is 55.5 Å². The number of aryl methyl sites for hydroxylation is 1. The Kier molecular flexibility index (Phi) is 13.1. The van der Waals surface area contributed by atoms with E-state index in [4.69, 9.17) is 4.98 Å². The molecule has 1 aromatic heterocycles. The van der Waals surface area contributed by atoms with Gasteiger partial charge in [0.25, 0.3) is 0 Å². The molecule has 0 aliphatic rings. The highest BCUT2D eigenvalue weighted by molar-refractivity contribution is 9.10. The first-order valence-corrected chi connectivity index (χ1v) is 16.6. The van der Waals surface area contributed by atoms with Crippen LogP contribution in [-0.2, 0) is 22.0 Å². The number of sulfone groups is 1. The Balaban J connectivity index is 1.99. The summed E-state index contributed by atoms with van der Waals surface area (Å²) in [5, 5.41) is 8.90. The molecule has 1 aromatic carbocycles. The van der Waals surface area contributed by atoms with Crippen molar-refractivity contribution in [2.45, 2.75) is 64.2 Å². The van der Waals surface area contributed by atoms with Gasteiger partial charge >= 0.3 is 0 Å². The van der Waals surface area contributed by atoms with E-state index in [0.29, 0.717) is 29.4 Å². The molecule has 0 aliphatic heterocycles. The van der Waals surface area contributed by atoms with Crippen LogP contribution in [0.2, 0.25) is 0 Å². The zero-order chi connectivity index (χ0) is 25.8. The van der Waals surface area contributed by atoms with Gasteiger partial charge in [-0.1, -0.05) is 39.8 Å². The van der Waals surface area contributed by atoms with Crippen LogP contribution in [0.5, 0.6) is 0 Å².